The molecule has 0 bridgehead atoms. The summed E-state index contributed by atoms with van der Waals surface area (Å²) in [5, 5.41) is 17.4. The number of anilines is 1. The number of hydrogen-bond acceptors (Lipinski definition) is 7. The topological polar surface area (TPSA) is 105 Å². The summed E-state index contributed by atoms with van der Waals surface area (Å²) in [7, 11) is -3.07. The van der Waals surface area contributed by atoms with E-state index in [0.29, 0.717) is 23.7 Å². The third kappa shape index (κ3) is 6.07. The van der Waals surface area contributed by atoms with E-state index in [1.807, 2.05) is 31.2 Å². The fourth-order valence-electron chi connectivity index (χ4n) is 4.38. The van der Waals surface area contributed by atoms with Crippen LogP contribution in [0.4, 0.5) is 5.00 Å². The predicted molar refractivity (Wildman–Crippen MR) is 131 cm³/mol. The molecule has 1 aliphatic heterocycles. The summed E-state index contributed by atoms with van der Waals surface area (Å²) in [6.45, 7) is 4.60. The molecule has 2 aliphatic rings. The fourth-order valence-corrected chi connectivity index (χ4v) is 7.47. The third-order valence-electron chi connectivity index (χ3n) is 6.27. The minimum Gasteiger partial charge on any atom is -0.491 e. The van der Waals surface area contributed by atoms with Crippen LogP contribution in [-0.4, -0.2) is 56.2 Å². The first-order valence-electron chi connectivity index (χ1n) is 11.5. The number of ether oxygens (including phenoxy) is 1. The van der Waals surface area contributed by atoms with Gasteiger partial charge in [0.25, 0.3) is 5.91 Å². The quantitative estimate of drug-likeness (QED) is 0.523. The molecule has 2 heterocycles. The number of aliphatic hydroxyl groups excluding tert-OH is 1. The predicted octanol–water partition coefficient (Wildman–Crippen LogP) is 2.95. The second kappa shape index (κ2) is 10.0. The van der Waals surface area contributed by atoms with E-state index in [0.717, 1.165) is 35.4 Å². The molecule has 3 atom stereocenters. The van der Waals surface area contributed by atoms with Crippen molar-refractivity contribution in [1.29, 1.82) is 0 Å². The first-order valence-corrected chi connectivity index (χ1v) is 14.1. The number of fused-ring (bicyclic) bond motifs is 1. The van der Waals surface area contributed by atoms with E-state index >= 15 is 0 Å². The Morgan fingerprint density at radius 1 is 1.27 bits per heavy atom. The minimum atomic E-state index is -3.07. The summed E-state index contributed by atoms with van der Waals surface area (Å²) in [6, 6.07) is 7.31. The average Bonchev–Trinajstić information content (AvgIpc) is 3.30. The number of carbonyl (C=O) groups is 1. The Labute approximate surface area is 199 Å². The molecule has 0 saturated carbocycles. The highest BCUT2D eigenvalue weighted by molar-refractivity contribution is 7.91. The molecule has 1 saturated heterocycles. The molecule has 9 heteroatoms. The number of aliphatic hydroxyl groups is 1. The molecule has 3 unspecified atom stereocenters. The Kier molecular flexibility index (Phi) is 7.31. The molecule has 1 aliphatic carbocycles. The van der Waals surface area contributed by atoms with Crippen molar-refractivity contribution in [3.8, 4) is 5.75 Å². The second-order valence-corrected chi connectivity index (χ2v) is 12.6. The van der Waals surface area contributed by atoms with E-state index in [4.69, 9.17) is 4.74 Å². The summed E-state index contributed by atoms with van der Waals surface area (Å²) in [6.07, 6.45) is 2.49. The van der Waals surface area contributed by atoms with E-state index in [2.05, 4.69) is 17.6 Å². The molecular weight excluding hydrogens is 460 g/mol. The number of benzene rings is 1. The van der Waals surface area contributed by atoms with Crippen LogP contribution in [0.2, 0.25) is 0 Å². The SMILES string of the molecule is Cc1ccc(OCC(O)CNc2sc3c(c2C(=O)NC2CCS(=O)(=O)C2)CCC(C)C3)cc1. The zero-order valence-corrected chi connectivity index (χ0v) is 20.7. The van der Waals surface area contributed by atoms with Gasteiger partial charge in [-0.2, -0.15) is 0 Å². The highest BCUT2D eigenvalue weighted by atomic mass is 32.2. The number of rotatable bonds is 8. The lowest BCUT2D eigenvalue weighted by molar-refractivity contribution is 0.0940. The van der Waals surface area contributed by atoms with Crippen molar-refractivity contribution >= 4 is 32.1 Å². The fraction of sp³-hybridized carbons (Fsp3) is 0.542. The zero-order valence-electron chi connectivity index (χ0n) is 19.1. The van der Waals surface area contributed by atoms with Crippen molar-refractivity contribution in [1.82, 2.24) is 5.32 Å². The highest BCUT2D eigenvalue weighted by Gasteiger charge is 2.32. The van der Waals surface area contributed by atoms with Gasteiger partial charge in [0.15, 0.2) is 9.84 Å². The molecule has 1 fully saturated rings. The molecule has 1 aromatic carbocycles. The van der Waals surface area contributed by atoms with Crippen LogP contribution in [-0.2, 0) is 22.7 Å². The highest BCUT2D eigenvalue weighted by Crippen LogP contribution is 2.39. The molecule has 0 radical (unpaired) electrons. The third-order valence-corrected chi connectivity index (χ3v) is 9.25. The van der Waals surface area contributed by atoms with Gasteiger partial charge in [-0.15, -0.1) is 11.3 Å². The van der Waals surface area contributed by atoms with Gasteiger partial charge >= 0.3 is 0 Å². The Hall–Kier alpha value is -2.10. The van der Waals surface area contributed by atoms with Gasteiger partial charge in [-0.3, -0.25) is 4.79 Å². The van der Waals surface area contributed by atoms with Crippen LogP contribution in [0, 0.1) is 12.8 Å². The first-order chi connectivity index (χ1) is 15.7. The normalized spacial score (nSPS) is 22.4. The maximum absolute atomic E-state index is 13.2. The van der Waals surface area contributed by atoms with E-state index < -0.39 is 15.9 Å². The van der Waals surface area contributed by atoms with E-state index in [1.54, 1.807) is 11.3 Å². The number of thiophene rings is 1. The first kappa shape index (κ1) is 24.0. The van der Waals surface area contributed by atoms with Crippen molar-refractivity contribution in [2.45, 2.75) is 51.7 Å². The number of carbonyl (C=O) groups excluding carboxylic acids is 1. The Morgan fingerprint density at radius 3 is 2.73 bits per heavy atom. The molecule has 2 aromatic rings. The van der Waals surface area contributed by atoms with Crippen LogP contribution in [0.5, 0.6) is 5.75 Å². The van der Waals surface area contributed by atoms with Gasteiger partial charge in [0.2, 0.25) is 0 Å². The average molecular weight is 493 g/mol. The van der Waals surface area contributed by atoms with E-state index in [-0.39, 0.29) is 36.6 Å². The van der Waals surface area contributed by atoms with Crippen LogP contribution in [0.15, 0.2) is 24.3 Å². The summed E-state index contributed by atoms with van der Waals surface area (Å²) in [5.41, 5.74) is 2.81. The van der Waals surface area contributed by atoms with Crippen LogP contribution in [0.25, 0.3) is 0 Å². The molecule has 1 amide bonds. The Morgan fingerprint density at radius 2 is 2.03 bits per heavy atom. The standard InChI is InChI=1S/C24H32N2O5S2/c1-15-3-6-19(7-4-15)31-13-18(27)12-25-24-22(20-8-5-16(2)11-21(20)32-24)23(28)26-17-9-10-33(29,30)14-17/h3-4,6-7,16-18,25,27H,5,8-14H2,1-2H3,(H,26,28). The second-order valence-electron chi connectivity index (χ2n) is 9.29. The molecule has 7 nitrogen and oxygen atoms in total. The van der Waals surface area contributed by atoms with Gasteiger partial charge in [0.05, 0.1) is 17.1 Å². The lowest BCUT2D eigenvalue weighted by atomic mass is 9.88. The summed E-state index contributed by atoms with van der Waals surface area (Å²) >= 11 is 1.57. The van der Waals surface area contributed by atoms with Gasteiger partial charge in [-0.25, -0.2) is 8.42 Å². The maximum atomic E-state index is 13.2. The van der Waals surface area contributed by atoms with E-state index in [1.165, 1.54) is 4.88 Å². The van der Waals surface area contributed by atoms with Crippen molar-refractivity contribution in [2.24, 2.45) is 5.92 Å². The Balaban J connectivity index is 1.43. The lowest BCUT2D eigenvalue weighted by Gasteiger charge is -2.19. The number of aryl methyl sites for hydroxylation is 1. The van der Waals surface area contributed by atoms with Crippen LogP contribution < -0.4 is 15.4 Å². The number of nitrogens with one attached hydrogen (secondary N) is 2. The van der Waals surface area contributed by atoms with Crippen molar-refractivity contribution < 1.29 is 23.1 Å². The van der Waals surface area contributed by atoms with Gasteiger partial charge in [0.1, 0.15) is 23.5 Å². The number of sulfone groups is 1. The largest absolute Gasteiger partial charge is 0.491 e. The zero-order chi connectivity index (χ0) is 23.6. The number of amides is 1. The van der Waals surface area contributed by atoms with Crippen molar-refractivity contribution in [2.75, 3.05) is 30.0 Å². The number of hydrogen-bond donors (Lipinski definition) is 3. The molecule has 33 heavy (non-hydrogen) atoms. The monoisotopic (exact) mass is 492 g/mol. The minimum absolute atomic E-state index is 0.0000723. The van der Waals surface area contributed by atoms with Crippen molar-refractivity contribution in [3.05, 3.63) is 45.8 Å². The van der Waals surface area contributed by atoms with Gasteiger partial charge < -0.3 is 20.5 Å². The molecular formula is C24H32N2O5S2. The maximum Gasteiger partial charge on any atom is 0.254 e. The summed E-state index contributed by atoms with van der Waals surface area (Å²) in [5.74, 6) is 1.16. The van der Waals surface area contributed by atoms with Crippen LogP contribution in [0.3, 0.4) is 0 Å². The lowest BCUT2D eigenvalue weighted by Crippen LogP contribution is -2.36. The van der Waals surface area contributed by atoms with Crippen LogP contribution >= 0.6 is 11.3 Å². The molecule has 1 aromatic heterocycles. The van der Waals surface area contributed by atoms with Gasteiger partial charge in [-0.05, 0) is 56.2 Å². The summed E-state index contributed by atoms with van der Waals surface area (Å²) in [4.78, 5) is 14.4. The van der Waals surface area contributed by atoms with E-state index in [9.17, 15) is 18.3 Å². The molecule has 3 N–H and O–H groups in total. The molecule has 4 rings (SSSR count). The smallest absolute Gasteiger partial charge is 0.254 e. The Bertz CT molecular complexity index is 1090. The molecule has 0 spiro atoms. The molecule has 180 valence electrons. The van der Waals surface area contributed by atoms with Crippen molar-refractivity contribution in [3.63, 3.8) is 0 Å². The van der Waals surface area contributed by atoms with Gasteiger partial charge in [-0.1, -0.05) is 24.6 Å². The van der Waals surface area contributed by atoms with Crippen LogP contribution in [0.1, 0.15) is 46.1 Å². The van der Waals surface area contributed by atoms with Gasteiger partial charge in [0, 0.05) is 17.5 Å². The summed E-state index contributed by atoms with van der Waals surface area (Å²) < 4.78 is 29.3.